The summed E-state index contributed by atoms with van der Waals surface area (Å²) in [6.07, 6.45) is 1.34. The lowest BCUT2D eigenvalue weighted by molar-refractivity contribution is 0.0241. The summed E-state index contributed by atoms with van der Waals surface area (Å²) in [4.78, 5) is 13.9. The first-order valence-corrected chi connectivity index (χ1v) is 8.83. The van der Waals surface area contributed by atoms with Crippen molar-refractivity contribution in [2.24, 2.45) is 0 Å². The topological polar surface area (TPSA) is 72.4 Å². The van der Waals surface area contributed by atoms with Crippen molar-refractivity contribution >= 4 is 28.5 Å². The zero-order valence-corrected chi connectivity index (χ0v) is 14.5. The van der Waals surface area contributed by atoms with E-state index in [0.29, 0.717) is 17.3 Å². The van der Waals surface area contributed by atoms with Gasteiger partial charge in [0.15, 0.2) is 5.15 Å². The van der Waals surface area contributed by atoms with Crippen LogP contribution in [0, 0.1) is 0 Å². The number of halogens is 1. The highest BCUT2D eigenvalue weighted by atomic mass is 35.5. The molecule has 1 aliphatic rings. The van der Waals surface area contributed by atoms with Crippen molar-refractivity contribution in [3.63, 3.8) is 0 Å². The van der Waals surface area contributed by atoms with E-state index < -0.39 is 16.4 Å². The predicted octanol–water partition coefficient (Wildman–Crippen LogP) is 2.64. The Bertz CT molecular complexity index is 559. The Morgan fingerprint density at radius 1 is 1.45 bits per heavy atom. The normalized spacial score (nSPS) is 20.0. The van der Waals surface area contributed by atoms with Gasteiger partial charge in [-0.05, 0) is 45.7 Å². The van der Waals surface area contributed by atoms with Crippen LogP contribution < -0.4 is 0 Å². The minimum Gasteiger partial charge on any atom is -0.444 e. The first-order valence-electron chi connectivity index (χ1n) is 7.13. The molecule has 0 radical (unpaired) electrons. The molecule has 1 aromatic heterocycles. The van der Waals surface area contributed by atoms with Crippen molar-refractivity contribution < 1.29 is 13.7 Å². The molecule has 0 aliphatic carbocycles. The highest BCUT2D eigenvalue weighted by Gasteiger charge is 2.33. The molecule has 2 rings (SSSR count). The Labute approximate surface area is 137 Å². The van der Waals surface area contributed by atoms with Gasteiger partial charge in [0, 0.05) is 12.6 Å². The molecule has 0 spiro atoms. The number of ether oxygens (including phenoxy) is 1. The van der Waals surface area contributed by atoms with Gasteiger partial charge in [-0.2, -0.15) is 0 Å². The van der Waals surface area contributed by atoms with Crippen LogP contribution in [0.15, 0.2) is 17.2 Å². The molecular formula is C14H20ClN3O3S. The third-order valence-electron chi connectivity index (χ3n) is 3.19. The second-order valence-corrected chi connectivity index (χ2v) is 8.01. The smallest absolute Gasteiger partial charge is 0.410 e. The minimum absolute atomic E-state index is 0.104. The number of hydrogen-bond donors (Lipinski definition) is 0. The van der Waals surface area contributed by atoms with Crippen molar-refractivity contribution in [2.45, 2.75) is 50.3 Å². The number of amides is 1. The molecule has 1 saturated heterocycles. The van der Waals surface area contributed by atoms with Gasteiger partial charge < -0.3 is 9.64 Å². The van der Waals surface area contributed by atoms with Crippen molar-refractivity contribution in [2.75, 3.05) is 12.3 Å². The summed E-state index contributed by atoms with van der Waals surface area (Å²) in [5, 5.41) is 8.16. The lowest BCUT2D eigenvalue weighted by Crippen LogP contribution is -2.42. The average molecular weight is 346 g/mol. The maximum absolute atomic E-state index is 12.4. The molecule has 1 aliphatic heterocycles. The Kier molecular flexibility index (Phi) is 5.39. The van der Waals surface area contributed by atoms with E-state index in [0.717, 1.165) is 12.8 Å². The Hall–Kier alpha value is -1.21. The maximum atomic E-state index is 12.4. The van der Waals surface area contributed by atoms with E-state index in [-0.39, 0.29) is 17.3 Å². The van der Waals surface area contributed by atoms with E-state index in [1.54, 1.807) is 17.0 Å². The average Bonchev–Trinajstić information content (AvgIpc) is 2.85. The lowest BCUT2D eigenvalue weighted by Gasteiger charge is -2.28. The zero-order chi connectivity index (χ0) is 16.3. The molecule has 0 aromatic carbocycles. The summed E-state index contributed by atoms with van der Waals surface area (Å²) < 4.78 is 17.7. The van der Waals surface area contributed by atoms with Gasteiger partial charge in [0.1, 0.15) is 10.6 Å². The summed E-state index contributed by atoms with van der Waals surface area (Å²) in [5.41, 5.74) is -0.537. The highest BCUT2D eigenvalue weighted by molar-refractivity contribution is 7.85. The Morgan fingerprint density at radius 3 is 2.77 bits per heavy atom. The Balaban J connectivity index is 2.00. The highest BCUT2D eigenvalue weighted by Crippen LogP contribution is 2.22. The fourth-order valence-corrected chi connectivity index (χ4v) is 3.57. The van der Waals surface area contributed by atoms with Crippen LogP contribution in [0.5, 0.6) is 0 Å². The van der Waals surface area contributed by atoms with Gasteiger partial charge >= 0.3 is 6.09 Å². The number of likely N-dealkylation sites (tertiary alicyclic amines) is 1. The molecule has 6 nitrogen and oxygen atoms in total. The van der Waals surface area contributed by atoms with Crippen LogP contribution in [0.3, 0.4) is 0 Å². The second kappa shape index (κ2) is 6.91. The molecule has 2 heterocycles. The van der Waals surface area contributed by atoms with Crippen LogP contribution in [0.25, 0.3) is 0 Å². The van der Waals surface area contributed by atoms with E-state index in [1.165, 1.54) is 0 Å². The first-order chi connectivity index (χ1) is 10.3. The summed E-state index contributed by atoms with van der Waals surface area (Å²) in [6.45, 7) is 6.12. The third kappa shape index (κ3) is 4.64. The number of nitrogens with zero attached hydrogens (tertiary/aromatic N) is 3. The number of aromatic nitrogens is 2. The molecule has 0 bridgehead atoms. The monoisotopic (exact) mass is 345 g/mol. The molecule has 0 N–H and O–H groups in total. The van der Waals surface area contributed by atoms with E-state index in [2.05, 4.69) is 10.2 Å². The van der Waals surface area contributed by atoms with Crippen LogP contribution in [0.4, 0.5) is 4.79 Å². The molecular weight excluding hydrogens is 326 g/mol. The van der Waals surface area contributed by atoms with Crippen LogP contribution in [0.1, 0.15) is 33.6 Å². The predicted molar refractivity (Wildman–Crippen MR) is 84.3 cm³/mol. The van der Waals surface area contributed by atoms with Crippen LogP contribution in [-0.4, -0.2) is 49.3 Å². The first kappa shape index (κ1) is 17.1. The van der Waals surface area contributed by atoms with Gasteiger partial charge in [-0.1, -0.05) is 11.6 Å². The van der Waals surface area contributed by atoms with Crippen LogP contribution in [-0.2, 0) is 15.5 Å². The number of hydrogen-bond acceptors (Lipinski definition) is 5. The van der Waals surface area contributed by atoms with E-state index in [1.807, 2.05) is 20.8 Å². The SMILES string of the molecule is CC(C)(C)OC(=O)N1CCC[C@H]1C[S@](=O)c1ccc(Cl)nn1. The standard InChI is InChI=1S/C14H20ClN3O3S/c1-14(2,3)21-13(19)18-8-4-5-10(18)9-22(20)12-7-6-11(15)16-17-12/h6-7,10H,4-5,8-9H2,1-3H3/t10-,22-/m0/s1. The summed E-state index contributed by atoms with van der Waals surface area (Å²) in [7, 11) is -1.32. The van der Waals surface area contributed by atoms with E-state index in [9.17, 15) is 9.00 Å². The number of carbonyl (C=O) groups is 1. The van der Waals surface area contributed by atoms with Gasteiger partial charge in [0.05, 0.1) is 16.6 Å². The van der Waals surface area contributed by atoms with Crippen molar-refractivity contribution in [1.29, 1.82) is 0 Å². The fourth-order valence-electron chi connectivity index (χ4n) is 2.26. The second-order valence-electron chi connectivity index (χ2n) is 6.18. The summed E-state index contributed by atoms with van der Waals surface area (Å²) in [5.74, 6) is 0.329. The zero-order valence-electron chi connectivity index (χ0n) is 12.9. The third-order valence-corrected chi connectivity index (χ3v) is 4.76. The van der Waals surface area contributed by atoms with Gasteiger partial charge in [-0.15, -0.1) is 10.2 Å². The van der Waals surface area contributed by atoms with Gasteiger partial charge in [-0.25, -0.2) is 4.79 Å². The molecule has 1 fully saturated rings. The van der Waals surface area contributed by atoms with Crippen LogP contribution >= 0.6 is 11.6 Å². The maximum Gasteiger partial charge on any atom is 0.410 e. The fraction of sp³-hybridized carbons (Fsp3) is 0.643. The molecule has 2 atom stereocenters. The molecule has 1 amide bonds. The molecule has 22 heavy (non-hydrogen) atoms. The van der Waals surface area contributed by atoms with Crippen molar-refractivity contribution in [1.82, 2.24) is 15.1 Å². The largest absolute Gasteiger partial charge is 0.444 e. The van der Waals surface area contributed by atoms with Crippen molar-refractivity contribution in [3.8, 4) is 0 Å². The van der Waals surface area contributed by atoms with Crippen LogP contribution in [0.2, 0.25) is 5.15 Å². The van der Waals surface area contributed by atoms with Gasteiger partial charge in [0.25, 0.3) is 0 Å². The summed E-state index contributed by atoms with van der Waals surface area (Å²) in [6, 6.07) is 3.05. The molecule has 8 heteroatoms. The quantitative estimate of drug-likeness (QED) is 0.842. The van der Waals surface area contributed by atoms with Gasteiger partial charge in [0.2, 0.25) is 0 Å². The summed E-state index contributed by atoms with van der Waals surface area (Å²) >= 11 is 5.67. The molecule has 1 aromatic rings. The Morgan fingerprint density at radius 2 is 2.18 bits per heavy atom. The molecule has 0 unspecified atom stereocenters. The van der Waals surface area contributed by atoms with E-state index in [4.69, 9.17) is 16.3 Å². The number of rotatable bonds is 3. The number of carbonyl (C=O) groups excluding carboxylic acids is 1. The molecule has 0 saturated carbocycles. The lowest BCUT2D eigenvalue weighted by atomic mass is 10.2. The van der Waals surface area contributed by atoms with Gasteiger partial charge in [-0.3, -0.25) is 4.21 Å². The molecule has 122 valence electrons. The minimum atomic E-state index is -1.32. The van der Waals surface area contributed by atoms with Crippen molar-refractivity contribution in [3.05, 3.63) is 17.3 Å². The van der Waals surface area contributed by atoms with E-state index >= 15 is 0 Å².